The number of carbonyl (C=O) groups is 2. The van der Waals surface area contributed by atoms with Crippen molar-refractivity contribution < 1.29 is 9.59 Å². The van der Waals surface area contributed by atoms with Crippen molar-refractivity contribution in [3.05, 3.63) is 29.3 Å². The van der Waals surface area contributed by atoms with Crippen LogP contribution < -0.4 is 10.6 Å². The Bertz CT molecular complexity index is 756. The molecule has 2 aromatic rings. The summed E-state index contributed by atoms with van der Waals surface area (Å²) in [7, 11) is 0. The second kappa shape index (κ2) is 6.39. The number of amides is 2. The zero-order valence-corrected chi connectivity index (χ0v) is 14.1. The second-order valence-electron chi connectivity index (χ2n) is 6.48. The largest absolute Gasteiger partial charge is 0.317 e. The minimum atomic E-state index is -0.160. The molecule has 2 amide bonds. The van der Waals surface area contributed by atoms with Gasteiger partial charge in [0.1, 0.15) is 5.82 Å². The summed E-state index contributed by atoms with van der Waals surface area (Å²) in [6.07, 6.45) is 8.32. The first-order valence-electron chi connectivity index (χ1n) is 8.46. The number of nitrogens with zero attached hydrogens (tertiary/aromatic N) is 2. The Hall–Kier alpha value is -2.15. The fourth-order valence-electron chi connectivity index (χ4n) is 3.13. The number of hydrogen-bond donors (Lipinski definition) is 2. The van der Waals surface area contributed by atoms with Gasteiger partial charge >= 0.3 is 0 Å². The minimum Gasteiger partial charge on any atom is -0.317 e. The second-order valence-corrected chi connectivity index (χ2v) is 7.56. The van der Waals surface area contributed by atoms with Gasteiger partial charge in [-0.2, -0.15) is 5.10 Å². The van der Waals surface area contributed by atoms with E-state index >= 15 is 0 Å². The Morgan fingerprint density at radius 1 is 1.08 bits per heavy atom. The summed E-state index contributed by atoms with van der Waals surface area (Å²) in [5.41, 5.74) is 0. The van der Waals surface area contributed by atoms with E-state index in [2.05, 4.69) is 15.7 Å². The maximum Gasteiger partial charge on any atom is 0.266 e. The summed E-state index contributed by atoms with van der Waals surface area (Å²) in [5.74, 6) is 0.795. The Balaban J connectivity index is 1.42. The molecule has 2 saturated carbocycles. The number of rotatable bonds is 5. The quantitative estimate of drug-likeness (QED) is 0.869. The molecule has 0 aliphatic heterocycles. The molecule has 0 aromatic carbocycles. The number of carbonyl (C=O) groups excluding carboxylic acids is 2. The van der Waals surface area contributed by atoms with Crippen LogP contribution in [-0.2, 0) is 4.79 Å². The van der Waals surface area contributed by atoms with Crippen LogP contribution in [0.15, 0.2) is 24.4 Å². The molecule has 7 heteroatoms. The molecule has 0 unspecified atom stereocenters. The number of anilines is 2. The van der Waals surface area contributed by atoms with Gasteiger partial charge in [-0.15, -0.1) is 11.3 Å². The average molecular weight is 344 g/mol. The van der Waals surface area contributed by atoms with Crippen LogP contribution in [0.3, 0.4) is 0 Å². The Labute approximate surface area is 144 Å². The molecule has 0 bridgehead atoms. The molecule has 0 atom stereocenters. The van der Waals surface area contributed by atoms with Crippen molar-refractivity contribution in [1.29, 1.82) is 0 Å². The highest BCUT2D eigenvalue weighted by atomic mass is 32.1. The van der Waals surface area contributed by atoms with Gasteiger partial charge in [0.05, 0.1) is 22.1 Å². The third kappa shape index (κ3) is 3.21. The van der Waals surface area contributed by atoms with Gasteiger partial charge in [0.2, 0.25) is 5.91 Å². The van der Waals surface area contributed by atoms with Crippen LogP contribution in [0.25, 0.3) is 0 Å². The molecular weight excluding hydrogens is 324 g/mol. The molecule has 126 valence electrons. The standard InChI is InChI=1S/C17H20N4O2S/c22-16(11-5-6-11)20-15-8-7-13(24-15)17(23)19-14-9-10-18-21(14)12-3-1-2-4-12/h7-12H,1-6H2,(H,19,23)(H,20,22). The van der Waals surface area contributed by atoms with E-state index in [9.17, 15) is 9.59 Å². The van der Waals surface area contributed by atoms with E-state index in [0.717, 1.165) is 36.5 Å². The van der Waals surface area contributed by atoms with Crippen LogP contribution >= 0.6 is 11.3 Å². The summed E-state index contributed by atoms with van der Waals surface area (Å²) < 4.78 is 1.92. The van der Waals surface area contributed by atoms with Crippen molar-refractivity contribution in [3.63, 3.8) is 0 Å². The van der Waals surface area contributed by atoms with Crippen molar-refractivity contribution in [2.45, 2.75) is 44.6 Å². The predicted octanol–water partition coefficient (Wildman–Crippen LogP) is 3.66. The van der Waals surface area contributed by atoms with E-state index in [1.54, 1.807) is 18.3 Å². The summed E-state index contributed by atoms with van der Waals surface area (Å²) >= 11 is 1.30. The topological polar surface area (TPSA) is 76.0 Å². The molecule has 2 aromatic heterocycles. The fourth-order valence-corrected chi connectivity index (χ4v) is 3.93. The average Bonchev–Trinajstić information content (AvgIpc) is 2.97. The number of thiophene rings is 1. The van der Waals surface area contributed by atoms with Crippen molar-refractivity contribution in [3.8, 4) is 0 Å². The normalized spacial score (nSPS) is 17.8. The monoisotopic (exact) mass is 344 g/mol. The Morgan fingerprint density at radius 2 is 1.88 bits per heavy atom. The molecule has 0 saturated heterocycles. The molecular formula is C17H20N4O2S. The van der Waals surface area contributed by atoms with E-state index in [0.29, 0.717) is 10.9 Å². The van der Waals surface area contributed by atoms with Gasteiger partial charge in [-0.1, -0.05) is 12.8 Å². The first-order chi connectivity index (χ1) is 11.7. The Kier molecular flexibility index (Phi) is 4.10. The lowest BCUT2D eigenvalue weighted by atomic mass is 10.2. The highest BCUT2D eigenvalue weighted by Crippen LogP contribution is 2.33. The molecule has 0 spiro atoms. The van der Waals surface area contributed by atoms with Gasteiger partial charge in [0.25, 0.3) is 5.91 Å². The predicted molar refractivity (Wildman–Crippen MR) is 93.4 cm³/mol. The maximum absolute atomic E-state index is 12.5. The summed E-state index contributed by atoms with van der Waals surface area (Å²) in [5, 5.41) is 10.9. The molecule has 2 fully saturated rings. The lowest BCUT2D eigenvalue weighted by Gasteiger charge is -2.14. The highest BCUT2D eigenvalue weighted by Gasteiger charge is 2.30. The van der Waals surface area contributed by atoms with Crippen molar-refractivity contribution in [2.75, 3.05) is 10.6 Å². The van der Waals surface area contributed by atoms with Gasteiger partial charge in [-0.3, -0.25) is 9.59 Å². The molecule has 0 radical (unpaired) electrons. The smallest absolute Gasteiger partial charge is 0.266 e. The third-order valence-electron chi connectivity index (χ3n) is 4.61. The van der Waals surface area contributed by atoms with Gasteiger partial charge in [-0.05, 0) is 37.8 Å². The molecule has 6 nitrogen and oxygen atoms in total. The fraction of sp³-hybridized carbons (Fsp3) is 0.471. The summed E-state index contributed by atoms with van der Waals surface area (Å²) in [6.45, 7) is 0. The summed E-state index contributed by atoms with van der Waals surface area (Å²) in [6, 6.07) is 5.75. The summed E-state index contributed by atoms with van der Waals surface area (Å²) in [4.78, 5) is 24.8. The van der Waals surface area contributed by atoms with E-state index in [-0.39, 0.29) is 17.7 Å². The van der Waals surface area contributed by atoms with Crippen LogP contribution in [0, 0.1) is 5.92 Å². The molecule has 24 heavy (non-hydrogen) atoms. The van der Waals surface area contributed by atoms with Crippen LogP contribution in [0.2, 0.25) is 0 Å². The van der Waals surface area contributed by atoms with Crippen molar-refractivity contribution in [2.24, 2.45) is 5.92 Å². The zero-order valence-electron chi connectivity index (χ0n) is 13.3. The number of nitrogens with one attached hydrogen (secondary N) is 2. The minimum absolute atomic E-state index is 0.0584. The first-order valence-corrected chi connectivity index (χ1v) is 9.28. The lowest BCUT2D eigenvalue weighted by molar-refractivity contribution is -0.117. The van der Waals surface area contributed by atoms with Crippen molar-refractivity contribution >= 4 is 34.0 Å². The van der Waals surface area contributed by atoms with E-state index in [4.69, 9.17) is 0 Å². The van der Waals surface area contributed by atoms with E-state index < -0.39 is 0 Å². The van der Waals surface area contributed by atoms with Gasteiger partial charge in [-0.25, -0.2) is 4.68 Å². The van der Waals surface area contributed by atoms with Gasteiger partial charge in [0.15, 0.2) is 0 Å². The SMILES string of the molecule is O=C(Nc1ccnn1C1CCCC1)c1ccc(NC(=O)C2CC2)s1. The number of aromatic nitrogens is 2. The number of hydrogen-bond acceptors (Lipinski definition) is 4. The zero-order chi connectivity index (χ0) is 16.5. The maximum atomic E-state index is 12.5. The first kappa shape index (κ1) is 15.4. The van der Waals surface area contributed by atoms with E-state index in [1.165, 1.54) is 24.2 Å². The Morgan fingerprint density at radius 3 is 2.62 bits per heavy atom. The third-order valence-corrected chi connectivity index (χ3v) is 5.61. The van der Waals surface area contributed by atoms with E-state index in [1.807, 2.05) is 10.7 Å². The van der Waals surface area contributed by atoms with Crippen LogP contribution in [0.1, 0.15) is 54.2 Å². The van der Waals surface area contributed by atoms with Gasteiger partial charge in [0, 0.05) is 12.0 Å². The molecule has 2 heterocycles. The molecule has 2 N–H and O–H groups in total. The highest BCUT2D eigenvalue weighted by molar-refractivity contribution is 7.18. The molecule has 4 rings (SSSR count). The lowest BCUT2D eigenvalue weighted by Crippen LogP contribution is -2.16. The molecule has 2 aliphatic rings. The van der Waals surface area contributed by atoms with Crippen LogP contribution in [-0.4, -0.2) is 21.6 Å². The van der Waals surface area contributed by atoms with Crippen LogP contribution in [0.4, 0.5) is 10.8 Å². The van der Waals surface area contributed by atoms with Crippen molar-refractivity contribution in [1.82, 2.24) is 9.78 Å². The van der Waals surface area contributed by atoms with Gasteiger partial charge < -0.3 is 10.6 Å². The molecule has 2 aliphatic carbocycles. The van der Waals surface area contributed by atoms with Crippen LogP contribution in [0.5, 0.6) is 0 Å².